The number of H-pyrrole nitrogens is 1. The Labute approximate surface area is 256 Å². The normalized spacial score (nSPS) is 18.3. The van der Waals surface area contributed by atoms with Crippen molar-refractivity contribution in [3.05, 3.63) is 137 Å². The summed E-state index contributed by atoms with van der Waals surface area (Å²) in [5.41, 5.74) is 7.26. The molecular weight excluding hydrogens is 548 g/mol. The second-order valence-electron chi connectivity index (χ2n) is 11.9. The molecule has 7 nitrogen and oxygen atoms in total. The largest absolute Gasteiger partial charge is 0.356 e. The standard InChI is InChI=1S/C37H34N4O3/c1-23-12-16-26(17-13-23)34-33-30(29-10-6-7-11-31(29)39-33)22-32-36(43)40(37(44)41(32)34)28-20-18-27(19-21-28)35(42)38-24(2)14-15-25-8-4-3-5-9-25/h3-13,16-21,24,32,34,39H,14-15,22H2,1-2H3,(H,38,42)/t24-,32+,34-/m1/s1. The molecule has 44 heavy (non-hydrogen) atoms. The number of aromatic amines is 1. The van der Waals surface area contributed by atoms with Crippen molar-refractivity contribution in [2.75, 3.05) is 4.90 Å². The summed E-state index contributed by atoms with van der Waals surface area (Å²) in [6, 6.07) is 31.7. The number of urea groups is 1. The maximum absolute atomic E-state index is 14.1. The van der Waals surface area contributed by atoms with Crippen molar-refractivity contribution in [2.45, 2.75) is 51.2 Å². The molecule has 7 heteroatoms. The highest BCUT2D eigenvalue weighted by Crippen LogP contribution is 2.44. The lowest BCUT2D eigenvalue weighted by Gasteiger charge is -2.36. The molecule has 3 atom stereocenters. The number of benzene rings is 4. The smallest absolute Gasteiger partial charge is 0.332 e. The zero-order chi connectivity index (χ0) is 30.4. The zero-order valence-electron chi connectivity index (χ0n) is 24.8. The number of carbonyl (C=O) groups excluding carboxylic acids is 3. The van der Waals surface area contributed by atoms with Crippen LogP contribution in [0.15, 0.2) is 103 Å². The molecule has 1 aromatic heterocycles. The van der Waals surface area contributed by atoms with Crippen molar-refractivity contribution >= 4 is 34.4 Å². The highest BCUT2D eigenvalue weighted by molar-refractivity contribution is 6.22. The van der Waals surface area contributed by atoms with E-state index in [2.05, 4.69) is 28.5 Å². The molecule has 2 aliphatic heterocycles. The Balaban J connectivity index is 1.13. The predicted octanol–water partition coefficient (Wildman–Crippen LogP) is 6.71. The summed E-state index contributed by atoms with van der Waals surface area (Å²) in [5, 5.41) is 4.14. The van der Waals surface area contributed by atoms with Crippen LogP contribution in [0.2, 0.25) is 0 Å². The summed E-state index contributed by atoms with van der Waals surface area (Å²) in [7, 11) is 0. The Morgan fingerprint density at radius 2 is 1.61 bits per heavy atom. The number of hydrogen-bond acceptors (Lipinski definition) is 3. The minimum absolute atomic E-state index is 0.00746. The molecule has 2 aliphatic rings. The van der Waals surface area contributed by atoms with Crippen molar-refractivity contribution in [3.8, 4) is 0 Å². The van der Waals surface area contributed by atoms with Gasteiger partial charge in [-0.05, 0) is 73.7 Å². The zero-order valence-corrected chi connectivity index (χ0v) is 24.8. The van der Waals surface area contributed by atoms with Crippen LogP contribution in [0.1, 0.15) is 57.7 Å². The predicted molar refractivity (Wildman–Crippen MR) is 172 cm³/mol. The number of amides is 4. The van der Waals surface area contributed by atoms with Crippen LogP contribution in [0.4, 0.5) is 10.5 Å². The van der Waals surface area contributed by atoms with Crippen molar-refractivity contribution < 1.29 is 14.4 Å². The van der Waals surface area contributed by atoms with E-state index in [-0.39, 0.29) is 23.9 Å². The molecule has 0 spiro atoms. The molecule has 1 saturated heterocycles. The molecule has 1 fully saturated rings. The monoisotopic (exact) mass is 582 g/mol. The lowest BCUT2D eigenvalue weighted by atomic mass is 9.88. The van der Waals surface area contributed by atoms with Crippen LogP contribution in [0.25, 0.3) is 10.9 Å². The number of para-hydroxylation sites is 1. The third kappa shape index (κ3) is 4.84. The van der Waals surface area contributed by atoms with Gasteiger partial charge in [-0.15, -0.1) is 0 Å². The van der Waals surface area contributed by atoms with E-state index < -0.39 is 12.1 Å². The van der Waals surface area contributed by atoms with Gasteiger partial charge in [0.1, 0.15) is 12.1 Å². The number of imide groups is 1. The summed E-state index contributed by atoms with van der Waals surface area (Å²) in [6.45, 7) is 4.03. The first-order valence-electron chi connectivity index (χ1n) is 15.2. The number of aromatic nitrogens is 1. The summed E-state index contributed by atoms with van der Waals surface area (Å²) in [4.78, 5) is 47.6. The first-order valence-corrected chi connectivity index (χ1v) is 15.2. The lowest BCUT2D eigenvalue weighted by molar-refractivity contribution is -0.120. The minimum atomic E-state index is -0.631. The number of fused-ring (bicyclic) bond motifs is 4. The van der Waals surface area contributed by atoms with Crippen LogP contribution in [-0.2, 0) is 17.6 Å². The fraction of sp³-hybridized carbons (Fsp3) is 0.216. The summed E-state index contributed by atoms with van der Waals surface area (Å²) < 4.78 is 0. The highest BCUT2D eigenvalue weighted by Gasteiger charge is 2.53. The quantitative estimate of drug-likeness (QED) is 0.209. The van der Waals surface area contributed by atoms with E-state index in [9.17, 15) is 14.4 Å². The van der Waals surface area contributed by atoms with Gasteiger partial charge in [-0.3, -0.25) is 14.5 Å². The number of carbonyl (C=O) groups is 3. The molecule has 0 aliphatic carbocycles. The number of nitrogens with zero attached hydrogens (tertiary/aromatic N) is 2. The maximum atomic E-state index is 14.1. The Morgan fingerprint density at radius 3 is 2.36 bits per heavy atom. The Bertz CT molecular complexity index is 1860. The fourth-order valence-electron chi connectivity index (χ4n) is 6.58. The topological polar surface area (TPSA) is 85.5 Å². The first-order chi connectivity index (χ1) is 21.4. The van der Waals surface area contributed by atoms with E-state index in [0.29, 0.717) is 17.7 Å². The first kappa shape index (κ1) is 27.7. The Morgan fingerprint density at radius 1 is 0.909 bits per heavy atom. The number of hydrogen-bond donors (Lipinski definition) is 2. The number of aryl methyl sites for hydroxylation is 2. The Kier molecular flexibility index (Phi) is 7.01. The van der Waals surface area contributed by atoms with E-state index in [1.807, 2.05) is 74.5 Å². The maximum Gasteiger partial charge on any atom is 0.332 e. The van der Waals surface area contributed by atoms with E-state index in [4.69, 9.17) is 0 Å². The summed E-state index contributed by atoms with van der Waals surface area (Å²) >= 11 is 0. The van der Waals surface area contributed by atoms with E-state index >= 15 is 0 Å². The highest BCUT2D eigenvalue weighted by atomic mass is 16.2. The molecule has 0 radical (unpaired) electrons. The summed E-state index contributed by atoms with van der Waals surface area (Å²) in [5.74, 6) is -0.437. The SMILES string of the molecule is Cc1ccc([C@@H]2c3[nH]c4ccccc4c3C[C@H]3C(=O)N(c4ccc(C(=O)N[C@H](C)CCc5ccccc5)cc4)C(=O)N23)cc1. The average molecular weight is 583 g/mol. The van der Waals surface area contributed by atoms with Gasteiger partial charge in [-0.25, -0.2) is 9.69 Å². The van der Waals surface area contributed by atoms with Crippen molar-refractivity contribution in [1.29, 1.82) is 0 Å². The van der Waals surface area contributed by atoms with Crippen molar-refractivity contribution in [2.24, 2.45) is 0 Å². The third-order valence-electron chi connectivity index (χ3n) is 8.92. The molecule has 3 heterocycles. The van der Waals surface area contributed by atoms with Gasteiger partial charge in [-0.1, -0.05) is 78.4 Å². The second kappa shape index (κ2) is 11.2. The number of rotatable bonds is 7. The van der Waals surface area contributed by atoms with Gasteiger partial charge in [-0.2, -0.15) is 0 Å². The number of anilines is 1. The van der Waals surface area contributed by atoms with Gasteiger partial charge in [0.15, 0.2) is 0 Å². The van der Waals surface area contributed by atoms with Gasteiger partial charge >= 0.3 is 6.03 Å². The van der Waals surface area contributed by atoms with Crippen LogP contribution >= 0.6 is 0 Å². The summed E-state index contributed by atoms with van der Waals surface area (Å²) in [6.07, 6.45) is 2.13. The average Bonchev–Trinajstić information content (AvgIpc) is 3.54. The molecule has 220 valence electrons. The van der Waals surface area contributed by atoms with Crippen LogP contribution in [0.3, 0.4) is 0 Å². The third-order valence-corrected chi connectivity index (χ3v) is 8.92. The van der Waals surface area contributed by atoms with Gasteiger partial charge in [0.2, 0.25) is 0 Å². The molecule has 2 N–H and O–H groups in total. The van der Waals surface area contributed by atoms with E-state index in [1.165, 1.54) is 10.5 Å². The van der Waals surface area contributed by atoms with Crippen LogP contribution in [0, 0.1) is 6.92 Å². The van der Waals surface area contributed by atoms with E-state index in [1.54, 1.807) is 29.2 Å². The molecule has 0 saturated carbocycles. The Hall–Kier alpha value is -5.17. The van der Waals surface area contributed by atoms with Crippen molar-refractivity contribution in [1.82, 2.24) is 15.2 Å². The fourth-order valence-corrected chi connectivity index (χ4v) is 6.58. The van der Waals surface area contributed by atoms with Gasteiger partial charge in [0, 0.05) is 34.6 Å². The van der Waals surface area contributed by atoms with Gasteiger partial charge in [0.05, 0.1) is 5.69 Å². The minimum Gasteiger partial charge on any atom is -0.356 e. The molecule has 0 bridgehead atoms. The lowest BCUT2D eigenvalue weighted by Crippen LogP contribution is -2.44. The van der Waals surface area contributed by atoms with Crippen LogP contribution in [0.5, 0.6) is 0 Å². The molecule has 5 aromatic rings. The van der Waals surface area contributed by atoms with E-state index in [0.717, 1.165) is 46.1 Å². The van der Waals surface area contributed by atoms with Gasteiger partial charge in [0.25, 0.3) is 11.8 Å². The van der Waals surface area contributed by atoms with Crippen LogP contribution in [-0.4, -0.2) is 39.8 Å². The molecule has 4 amide bonds. The molecule has 4 aromatic carbocycles. The van der Waals surface area contributed by atoms with Gasteiger partial charge < -0.3 is 10.3 Å². The molecule has 0 unspecified atom stereocenters. The molecular formula is C37H34N4O3. The number of nitrogens with one attached hydrogen (secondary N) is 2. The van der Waals surface area contributed by atoms with Crippen LogP contribution < -0.4 is 10.2 Å². The second-order valence-corrected chi connectivity index (χ2v) is 11.9. The van der Waals surface area contributed by atoms with Crippen molar-refractivity contribution in [3.63, 3.8) is 0 Å². The molecule has 7 rings (SSSR count).